The summed E-state index contributed by atoms with van der Waals surface area (Å²) in [5.74, 6) is 0. The predicted molar refractivity (Wildman–Crippen MR) is 134 cm³/mol. The Morgan fingerprint density at radius 3 is 1.87 bits per heavy atom. The van der Waals surface area contributed by atoms with Crippen LogP contribution in [0, 0.1) is 20.8 Å². The maximum Gasteiger partial charge on any atom is 0.261 e. The summed E-state index contributed by atoms with van der Waals surface area (Å²) in [6, 6.07) is 15.2. The third-order valence-electron chi connectivity index (χ3n) is 4.46. The van der Waals surface area contributed by atoms with Gasteiger partial charge in [-0.25, -0.2) is 8.42 Å². The van der Waals surface area contributed by atoms with Gasteiger partial charge in [0.05, 0.1) is 10.6 Å². The van der Waals surface area contributed by atoms with E-state index in [2.05, 4.69) is 15.4 Å². The number of nitrogens with one attached hydrogen (secondary N) is 3. The molecule has 0 aliphatic heterocycles. The standard InChI is InChI=1S/C22H21Cl2N3O2S2/c1-13-8-14(2)21(15(3)9-13)27-31(28,29)20-6-4-18(5-7-20)25-22(30)26-19-11-16(23)10-17(24)12-19/h4-12,27H,1-3H3,(H2,25,26,30). The molecule has 0 heterocycles. The van der Waals surface area contributed by atoms with Gasteiger partial charge in [-0.2, -0.15) is 0 Å². The van der Waals surface area contributed by atoms with Crippen LogP contribution in [0.25, 0.3) is 0 Å². The van der Waals surface area contributed by atoms with Gasteiger partial charge in [-0.15, -0.1) is 0 Å². The molecule has 9 heteroatoms. The van der Waals surface area contributed by atoms with E-state index in [9.17, 15) is 8.42 Å². The molecule has 0 fully saturated rings. The zero-order valence-electron chi connectivity index (χ0n) is 17.1. The van der Waals surface area contributed by atoms with Gasteiger partial charge >= 0.3 is 0 Å². The van der Waals surface area contributed by atoms with Crippen LogP contribution in [0.15, 0.2) is 59.5 Å². The summed E-state index contributed by atoms with van der Waals surface area (Å²) in [5.41, 5.74) is 4.69. The van der Waals surface area contributed by atoms with Crippen LogP contribution in [-0.2, 0) is 10.0 Å². The topological polar surface area (TPSA) is 70.2 Å². The number of thiocarbonyl (C=S) groups is 1. The van der Waals surface area contributed by atoms with E-state index >= 15 is 0 Å². The molecule has 0 aromatic heterocycles. The fourth-order valence-electron chi connectivity index (χ4n) is 3.17. The molecule has 162 valence electrons. The van der Waals surface area contributed by atoms with Crippen LogP contribution in [0.4, 0.5) is 17.1 Å². The van der Waals surface area contributed by atoms with E-state index in [1.54, 1.807) is 30.3 Å². The molecule has 0 bridgehead atoms. The quantitative estimate of drug-likeness (QED) is 0.352. The predicted octanol–water partition coefficient (Wildman–Crippen LogP) is 6.53. The maximum absolute atomic E-state index is 12.8. The van der Waals surface area contributed by atoms with Crippen LogP contribution in [0.5, 0.6) is 0 Å². The minimum Gasteiger partial charge on any atom is -0.332 e. The second kappa shape index (κ2) is 9.44. The first-order chi connectivity index (χ1) is 14.5. The molecule has 5 nitrogen and oxygen atoms in total. The van der Waals surface area contributed by atoms with E-state index < -0.39 is 10.0 Å². The van der Waals surface area contributed by atoms with Crippen LogP contribution in [-0.4, -0.2) is 13.5 Å². The summed E-state index contributed by atoms with van der Waals surface area (Å²) >= 11 is 17.3. The zero-order chi connectivity index (χ0) is 22.8. The zero-order valence-corrected chi connectivity index (χ0v) is 20.2. The Balaban J connectivity index is 1.71. The van der Waals surface area contributed by atoms with E-state index in [0.29, 0.717) is 32.2 Å². The number of sulfonamides is 1. The average Bonchev–Trinajstić information content (AvgIpc) is 2.64. The van der Waals surface area contributed by atoms with Gasteiger partial charge in [-0.3, -0.25) is 4.72 Å². The van der Waals surface area contributed by atoms with Crippen molar-refractivity contribution < 1.29 is 8.42 Å². The van der Waals surface area contributed by atoms with Gasteiger partial charge in [-0.05, 0) is 86.6 Å². The first-order valence-corrected chi connectivity index (χ1v) is 11.9. The van der Waals surface area contributed by atoms with Gasteiger partial charge < -0.3 is 10.6 Å². The highest BCUT2D eigenvalue weighted by Crippen LogP contribution is 2.26. The molecule has 0 amide bonds. The lowest BCUT2D eigenvalue weighted by molar-refractivity contribution is 0.601. The van der Waals surface area contributed by atoms with E-state index in [4.69, 9.17) is 35.4 Å². The van der Waals surface area contributed by atoms with Crippen molar-refractivity contribution in [3.63, 3.8) is 0 Å². The Bertz CT molecular complexity index is 1200. The van der Waals surface area contributed by atoms with Gasteiger partial charge in [0.2, 0.25) is 0 Å². The van der Waals surface area contributed by atoms with Gasteiger partial charge in [0, 0.05) is 21.4 Å². The summed E-state index contributed by atoms with van der Waals surface area (Å²) in [5, 5.41) is 7.28. The van der Waals surface area contributed by atoms with Crippen LogP contribution >= 0.6 is 35.4 Å². The maximum atomic E-state index is 12.8. The van der Waals surface area contributed by atoms with E-state index in [0.717, 1.165) is 16.7 Å². The monoisotopic (exact) mass is 493 g/mol. The molecule has 3 N–H and O–H groups in total. The van der Waals surface area contributed by atoms with Crippen LogP contribution in [0.2, 0.25) is 10.0 Å². The number of halogens is 2. The number of anilines is 3. The van der Waals surface area contributed by atoms with Crippen molar-refractivity contribution in [3.8, 4) is 0 Å². The Labute approximate surface area is 197 Å². The van der Waals surface area contributed by atoms with E-state index in [-0.39, 0.29) is 4.90 Å². The molecule has 3 aromatic carbocycles. The minimum atomic E-state index is -3.73. The summed E-state index contributed by atoms with van der Waals surface area (Å²) in [7, 11) is -3.73. The normalized spacial score (nSPS) is 11.1. The molecule has 0 saturated heterocycles. The lowest BCUT2D eigenvalue weighted by atomic mass is 10.1. The lowest BCUT2D eigenvalue weighted by Gasteiger charge is -2.15. The Kier molecular flexibility index (Phi) is 7.11. The van der Waals surface area contributed by atoms with Gasteiger partial charge in [0.15, 0.2) is 5.11 Å². The third kappa shape index (κ3) is 6.11. The molecular formula is C22H21Cl2N3O2S2. The average molecular weight is 494 g/mol. The highest BCUT2D eigenvalue weighted by molar-refractivity contribution is 7.92. The van der Waals surface area contributed by atoms with E-state index in [1.807, 2.05) is 32.9 Å². The fraction of sp³-hybridized carbons (Fsp3) is 0.136. The number of rotatable bonds is 5. The number of aryl methyl sites for hydroxylation is 3. The lowest BCUT2D eigenvalue weighted by Crippen LogP contribution is -2.19. The molecule has 0 saturated carbocycles. The van der Waals surface area contributed by atoms with Crippen molar-refractivity contribution in [1.29, 1.82) is 0 Å². The van der Waals surface area contributed by atoms with Crippen molar-refractivity contribution >= 4 is 67.6 Å². The first kappa shape index (κ1) is 23.3. The summed E-state index contributed by atoms with van der Waals surface area (Å²) in [4.78, 5) is 0.151. The molecule has 0 unspecified atom stereocenters. The molecule has 0 aliphatic carbocycles. The SMILES string of the molecule is Cc1cc(C)c(NS(=O)(=O)c2ccc(NC(=S)Nc3cc(Cl)cc(Cl)c3)cc2)c(C)c1. The molecule has 31 heavy (non-hydrogen) atoms. The summed E-state index contributed by atoms with van der Waals surface area (Å²) < 4.78 is 28.4. The molecule has 0 spiro atoms. The number of benzene rings is 3. The molecule has 3 rings (SSSR count). The fourth-order valence-corrected chi connectivity index (χ4v) is 5.14. The molecule has 0 aliphatic rings. The highest BCUT2D eigenvalue weighted by Gasteiger charge is 2.17. The van der Waals surface area contributed by atoms with Crippen LogP contribution < -0.4 is 15.4 Å². The van der Waals surface area contributed by atoms with Crippen LogP contribution in [0.3, 0.4) is 0 Å². The Morgan fingerprint density at radius 2 is 1.32 bits per heavy atom. The van der Waals surface area contributed by atoms with Gasteiger partial charge in [-0.1, -0.05) is 40.9 Å². The third-order valence-corrected chi connectivity index (χ3v) is 6.46. The van der Waals surface area contributed by atoms with Crippen molar-refractivity contribution in [1.82, 2.24) is 0 Å². The van der Waals surface area contributed by atoms with Crippen molar-refractivity contribution in [2.75, 3.05) is 15.4 Å². The smallest absolute Gasteiger partial charge is 0.261 e. The molecule has 0 atom stereocenters. The summed E-state index contributed by atoms with van der Waals surface area (Å²) in [6.45, 7) is 5.74. The minimum absolute atomic E-state index is 0.151. The molecule has 0 radical (unpaired) electrons. The van der Waals surface area contributed by atoms with Crippen molar-refractivity contribution in [2.45, 2.75) is 25.7 Å². The second-order valence-electron chi connectivity index (χ2n) is 7.14. The Hall–Kier alpha value is -2.32. The number of hydrogen-bond donors (Lipinski definition) is 3. The summed E-state index contributed by atoms with van der Waals surface area (Å²) in [6.07, 6.45) is 0. The second-order valence-corrected chi connectivity index (χ2v) is 10.1. The highest BCUT2D eigenvalue weighted by atomic mass is 35.5. The largest absolute Gasteiger partial charge is 0.332 e. The van der Waals surface area contributed by atoms with Gasteiger partial charge in [0.1, 0.15) is 0 Å². The van der Waals surface area contributed by atoms with Crippen molar-refractivity contribution in [2.24, 2.45) is 0 Å². The molecule has 3 aromatic rings. The van der Waals surface area contributed by atoms with Crippen molar-refractivity contribution in [3.05, 3.63) is 81.3 Å². The molecular weight excluding hydrogens is 473 g/mol. The van der Waals surface area contributed by atoms with Gasteiger partial charge in [0.25, 0.3) is 10.0 Å². The number of hydrogen-bond acceptors (Lipinski definition) is 3. The van der Waals surface area contributed by atoms with Crippen LogP contribution in [0.1, 0.15) is 16.7 Å². The Morgan fingerprint density at radius 1 is 0.806 bits per heavy atom. The first-order valence-electron chi connectivity index (χ1n) is 9.28. The van der Waals surface area contributed by atoms with E-state index in [1.165, 1.54) is 12.1 Å².